The van der Waals surface area contributed by atoms with Crippen LogP contribution < -0.4 is 14.8 Å². The van der Waals surface area contributed by atoms with Crippen molar-refractivity contribution in [3.8, 4) is 27.8 Å². The molecule has 0 aliphatic carbocycles. The first-order chi connectivity index (χ1) is 15.9. The van der Waals surface area contributed by atoms with Crippen LogP contribution in [0.15, 0.2) is 60.7 Å². The summed E-state index contributed by atoms with van der Waals surface area (Å²) in [6.45, 7) is 2.20. The third-order valence-corrected chi connectivity index (χ3v) is 6.16. The third-order valence-electron chi connectivity index (χ3n) is 4.27. The number of thiazole rings is 1. The van der Waals surface area contributed by atoms with E-state index in [4.69, 9.17) is 9.47 Å². The number of anilines is 1. The van der Waals surface area contributed by atoms with Gasteiger partial charge in [0, 0.05) is 17.7 Å². The molecule has 0 saturated heterocycles. The first kappa shape index (κ1) is 22.4. The molecule has 0 spiro atoms. The zero-order chi connectivity index (χ0) is 23.4. The van der Waals surface area contributed by atoms with Crippen LogP contribution in [0.3, 0.4) is 0 Å². The molecule has 0 unspecified atom stereocenters. The minimum absolute atomic E-state index is 0.149. The smallest absolute Gasteiger partial charge is 0.324 e. The second-order valence-electron chi connectivity index (χ2n) is 6.49. The Morgan fingerprint density at radius 3 is 2.58 bits per heavy atom. The lowest BCUT2D eigenvalue weighted by molar-refractivity contribution is -0.380. The maximum absolute atomic E-state index is 14.9. The quantitative estimate of drug-likeness (QED) is 0.230. The SMILES string of the molecule is CCOc1ccc(-c2nc(NC(=O)c3ccc([N+](=O)[O-])s3)sc2Oc2ccccc2)c(F)c1. The van der Waals surface area contributed by atoms with Crippen LogP contribution in [0.1, 0.15) is 16.6 Å². The maximum atomic E-state index is 14.9. The van der Waals surface area contributed by atoms with Crippen LogP contribution in [-0.4, -0.2) is 22.4 Å². The van der Waals surface area contributed by atoms with E-state index in [1.165, 1.54) is 24.3 Å². The Labute approximate surface area is 195 Å². The molecule has 2 aromatic carbocycles. The number of thiophene rings is 1. The van der Waals surface area contributed by atoms with Crippen LogP contribution in [-0.2, 0) is 0 Å². The lowest BCUT2D eigenvalue weighted by atomic mass is 10.1. The van der Waals surface area contributed by atoms with Crippen LogP contribution in [0, 0.1) is 15.9 Å². The number of carbonyl (C=O) groups excluding carboxylic acids is 1. The number of aromatic nitrogens is 1. The van der Waals surface area contributed by atoms with Gasteiger partial charge in [-0.05, 0) is 37.3 Å². The van der Waals surface area contributed by atoms with Gasteiger partial charge in [0.05, 0.1) is 16.4 Å². The van der Waals surface area contributed by atoms with E-state index in [-0.39, 0.29) is 31.3 Å². The van der Waals surface area contributed by atoms with Crippen LogP contribution in [0.25, 0.3) is 11.3 Å². The lowest BCUT2D eigenvalue weighted by Gasteiger charge is -2.08. The predicted molar refractivity (Wildman–Crippen MR) is 124 cm³/mol. The Bertz CT molecular complexity index is 1310. The fourth-order valence-corrected chi connectivity index (χ4v) is 4.41. The Morgan fingerprint density at radius 2 is 1.91 bits per heavy atom. The van der Waals surface area contributed by atoms with E-state index < -0.39 is 16.6 Å². The molecule has 0 radical (unpaired) electrons. The van der Waals surface area contributed by atoms with Gasteiger partial charge in [-0.15, -0.1) is 0 Å². The second-order valence-corrected chi connectivity index (χ2v) is 8.52. The standard InChI is InChI=1S/C22H16FN3O5S2/c1-2-30-14-8-9-15(16(23)12-14)19-21(31-13-6-4-3-5-7-13)33-22(24-19)25-20(27)17-10-11-18(32-17)26(28)29/h3-12H,2H2,1H3,(H,24,25,27). The fraction of sp³-hybridized carbons (Fsp3) is 0.0909. The van der Waals surface area contributed by atoms with E-state index in [2.05, 4.69) is 10.3 Å². The van der Waals surface area contributed by atoms with Gasteiger partial charge >= 0.3 is 5.00 Å². The summed E-state index contributed by atoms with van der Waals surface area (Å²) in [6, 6.07) is 15.9. The fourth-order valence-electron chi connectivity index (χ4n) is 2.85. The number of ether oxygens (including phenoxy) is 2. The first-order valence-electron chi connectivity index (χ1n) is 9.66. The molecule has 0 aliphatic heterocycles. The number of nitro groups is 1. The Morgan fingerprint density at radius 1 is 1.12 bits per heavy atom. The van der Waals surface area contributed by atoms with E-state index in [0.717, 1.165) is 22.7 Å². The molecular formula is C22H16FN3O5S2. The predicted octanol–water partition coefficient (Wildman–Crippen LogP) is 6.36. The number of nitrogens with one attached hydrogen (secondary N) is 1. The van der Waals surface area contributed by atoms with Crippen LogP contribution in [0.5, 0.6) is 16.6 Å². The van der Waals surface area contributed by atoms with Gasteiger partial charge < -0.3 is 9.47 Å². The maximum Gasteiger partial charge on any atom is 0.324 e. The van der Waals surface area contributed by atoms with Crippen LogP contribution >= 0.6 is 22.7 Å². The summed E-state index contributed by atoms with van der Waals surface area (Å²) in [5.41, 5.74) is 0.379. The van der Waals surface area contributed by atoms with Crippen molar-refractivity contribution in [1.29, 1.82) is 0 Å². The summed E-state index contributed by atoms with van der Waals surface area (Å²) in [5.74, 6) is -0.226. The molecule has 0 atom stereocenters. The minimum Gasteiger partial charge on any atom is -0.494 e. The third kappa shape index (κ3) is 5.16. The molecule has 11 heteroatoms. The normalized spacial score (nSPS) is 10.6. The molecule has 0 fully saturated rings. The van der Waals surface area contributed by atoms with Crippen molar-refractivity contribution in [2.24, 2.45) is 0 Å². The van der Waals surface area contributed by atoms with Crippen molar-refractivity contribution in [3.63, 3.8) is 0 Å². The van der Waals surface area contributed by atoms with Gasteiger partial charge in [0.1, 0.15) is 23.0 Å². The highest BCUT2D eigenvalue weighted by Gasteiger charge is 2.22. The number of benzene rings is 2. The van der Waals surface area contributed by atoms with Crippen molar-refractivity contribution in [2.75, 3.05) is 11.9 Å². The number of para-hydroxylation sites is 1. The van der Waals surface area contributed by atoms with Crippen molar-refractivity contribution in [2.45, 2.75) is 6.92 Å². The summed E-state index contributed by atoms with van der Waals surface area (Å²) < 4.78 is 26.1. The molecule has 1 amide bonds. The highest BCUT2D eigenvalue weighted by molar-refractivity contribution is 7.19. The summed E-state index contributed by atoms with van der Waals surface area (Å²) in [6.07, 6.45) is 0. The van der Waals surface area contributed by atoms with Gasteiger partial charge in [0.2, 0.25) is 5.06 Å². The number of halogens is 1. The Kier molecular flexibility index (Phi) is 6.61. The molecular weight excluding hydrogens is 469 g/mol. The highest BCUT2D eigenvalue weighted by atomic mass is 32.1. The summed E-state index contributed by atoms with van der Waals surface area (Å²) >= 11 is 1.76. The molecule has 0 saturated carbocycles. The molecule has 0 aliphatic rings. The van der Waals surface area contributed by atoms with Crippen LogP contribution in [0.4, 0.5) is 14.5 Å². The Hall–Kier alpha value is -3.83. The number of nitrogens with zero attached hydrogens (tertiary/aromatic N) is 2. The monoisotopic (exact) mass is 485 g/mol. The average molecular weight is 486 g/mol. The molecule has 4 rings (SSSR count). The van der Waals surface area contributed by atoms with Gasteiger partial charge in [-0.2, -0.15) is 0 Å². The van der Waals surface area contributed by atoms with Crippen LogP contribution in [0.2, 0.25) is 0 Å². The molecule has 4 aromatic rings. The topological polar surface area (TPSA) is 104 Å². The molecule has 8 nitrogen and oxygen atoms in total. The van der Waals surface area contributed by atoms with Gasteiger partial charge in [0.15, 0.2) is 5.13 Å². The van der Waals surface area contributed by atoms with Gasteiger partial charge in [-0.3, -0.25) is 20.2 Å². The molecule has 168 valence electrons. The van der Waals surface area contributed by atoms with E-state index in [1.807, 2.05) is 6.07 Å². The second kappa shape index (κ2) is 9.76. The number of hydrogen-bond donors (Lipinski definition) is 1. The van der Waals surface area contributed by atoms with E-state index in [0.29, 0.717) is 18.1 Å². The molecule has 1 N–H and O–H groups in total. The average Bonchev–Trinajstić information content (AvgIpc) is 3.43. The summed E-state index contributed by atoms with van der Waals surface area (Å²) in [7, 11) is 0. The molecule has 2 heterocycles. The molecule has 0 bridgehead atoms. The first-order valence-corrected chi connectivity index (χ1v) is 11.3. The highest BCUT2D eigenvalue weighted by Crippen LogP contribution is 2.42. The van der Waals surface area contributed by atoms with Gasteiger partial charge in [-0.1, -0.05) is 40.9 Å². The van der Waals surface area contributed by atoms with E-state index >= 15 is 0 Å². The molecule has 2 aromatic heterocycles. The summed E-state index contributed by atoms with van der Waals surface area (Å²) in [4.78, 5) is 27.4. The summed E-state index contributed by atoms with van der Waals surface area (Å²) in [5, 5.41) is 13.8. The Balaban J connectivity index is 1.67. The number of carbonyl (C=O) groups is 1. The van der Waals surface area contributed by atoms with Crippen molar-refractivity contribution >= 4 is 38.7 Å². The minimum atomic E-state index is -0.566. The number of hydrogen-bond acceptors (Lipinski definition) is 8. The van der Waals surface area contributed by atoms with Crippen molar-refractivity contribution < 1.29 is 23.6 Å². The van der Waals surface area contributed by atoms with E-state index in [1.54, 1.807) is 37.3 Å². The largest absolute Gasteiger partial charge is 0.494 e. The van der Waals surface area contributed by atoms with E-state index in [9.17, 15) is 19.3 Å². The van der Waals surface area contributed by atoms with Gasteiger partial charge in [-0.25, -0.2) is 9.37 Å². The van der Waals surface area contributed by atoms with Crippen molar-refractivity contribution in [3.05, 3.63) is 81.5 Å². The van der Waals surface area contributed by atoms with Gasteiger partial charge in [0.25, 0.3) is 5.91 Å². The lowest BCUT2D eigenvalue weighted by Crippen LogP contribution is -2.09. The number of rotatable bonds is 8. The molecule has 33 heavy (non-hydrogen) atoms. The zero-order valence-corrected chi connectivity index (χ0v) is 18.7. The number of amides is 1. The van der Waals surface area contributed by atoms with Crippen molar-refractivity contribution in [1.82, 2.24) is 4.98 Å². The zero-order valence-electron chi connectivity index (χ0n) is 17.1.